The van der Waals surface area contributed by atoms with Crippen LogP contribution in [0, 0.1) is 22.7 Å². The van der Waals surface area contributed by atoms with E-state index in [0.29, 0.717) is 22.6 Å². The van der Waals surface area contributed by atoms with Crippen LogP contribution in [0.25, 0.3) is 0 Å². The van der Waals surface area contributed by atoms with E-state index in [2.05, 4.69) is 0 Å². The molecule has 2 aromatic rings. The van der Waals surface area contributed by atoms with Gasteiger partial charge in [-0.15, -0.1) is 0 Å². The van der Waals surface area contributed by atoms with E-state index in [9.17, 15) is 4.89 Å². The van der Waals surface area contributed by atoms with E-state index in [4.69, 9.17) is 19.6 Å². The SMILES string of the molecule is N#Cc1ccc(OP(O)Oc2ccc(C#N)cc2)cc1. The molecular formula is C14H9N2O3P. The van der Waals surface area contributed by atoms with E-state index in [1.165, 1.54) is 0 Å². The molecule has 0 spiro atoms. The van der Waals surface area contributed by atoms with Gasteiger partial charge in [0.2, 0.25) is 0 Å². The highest BCUT2D eigenvalue weighted by molar-refractivity contribution is 7.41. The highest BCUT2D eigenvalue weighted by Crippen LogP contribution is 2.36. The predicted molar refractivity (Wildman–Crippen MR) is 72.7 cm³/mol. The minimum absolute atomic E-state index is 0.409. The van der Waals surface area contributed by atoms with E-state index >= 15 is 0 Å². The Balaban J connectivity index is 1.95. The lowest BCUT2D eigenvalue weighted by Crippen LogP contribution is -1.94. The van der Waals surface area contributed by atoms with E-state index in [1.54, 1.807) is 48.5 Å². The van der Waals surface area contributed by atoms with Crippen LogP contribution in [-0.4, -0.2) is 4.89 Å². The second-order valence-corrected chi connectivity index (χ2v) is 4.53. The molecule has 0 heterocycles. The Bertz CT molecular complexity index is 597. The summed E-state index contributed by atoms with van der Waals surface area (Å²) in [6.45, 7) is 0. The lowest BCUT2D eigenvalue weighted by atomic mass is 10.2. The Kier molecular flexibility index (Phi) is 4.52. The number of hydrogen-bond acceptors (Lipinski definition) is 5. The van der Waals surface area contributed by atoms with Gasteiger partial charge < -0.3 is 13.9 Å². The smallest absolute Gasteiger partial charge is 0.418 e. The molecule has 6 heteroatoms. The second kappa shape index (κ2) is 6.54. The Morgan fingerprint density at radius 2 is 1.10 bits per heavy atom. The number of benzene rings is 2. The average Bonchev–Trinajstić information content (AvgIpc) is 2.49. The number of hydrogen-bond donors (Lipinski definition) is 1. The van der Waals surface area contributed by atoms with Crippen LogP contribution in [0.15, 0.2) is 48.5 Å². The van der Waals surface area contributed by atoms with Crippen LogP contribution in [-0.2, 0) is 0 Å². The fraction of sp³-hybridized carbons (Fsp3) is 0. The number of nitriles is 2. The van der Waals surface area contributed by atoms with Gasteiger partial charge in [-0.3, -0.25) is 0 Å². The summed E-state index contributed by atoms with van der Waals surface area (Å²) >= 11 is 0. The summed E-state index contributed by atoms with van der Waals surface area (Å²) in [6, 6.07) is 16.6. The van der Waals surface area contributed by atoms with Gasteiger partial charge in [0, 0.05) is 0 Å². The summed E-state index contributed by atoms with van der Waals surface area (Å²) in [5.74, 6) is 0.817. The lowest BCUT2D eigenvalue weighted by molar-refractivity contribution is 0.382. The van der Waals surface area contributed by atoms with Crippen molar-refractivity contribution in [2.75, 3.05) is 0 Å². The molecule has 1 N–H and O–H groups in total. The van der Waals surface area contributed by atoms with Crippen molar-refractivity contribution in [3.63, 3.8) is 0 Å². The van der Waals surface area contributed by atoms with Gasteiger partial charge in [-0.1, -0.05) is 0 Å². The summed E-state index contributed by atoms with van der Waals surface area (Å²) in [5.41, 5.74) is 1.01. The molecule has 0 saturated carbocycles. The molecule has 0 amide bonds. The number of rotatable bonds is 4. The molecule has 0 aliphatic rings. The van der Waals surface area contributed by atoms with Crippen molar-refractivity contribution in [1.82, 2.24) is 0 Å². The molecule has 0 aliphatic heterocycles. The Labute approximate surface area is 117 Å². The maximum atomic E-state index is 9.70. The molecule has 0 radical (unpaired) electrons. The summed E-state index contributed by atoms with van der Waals surface area (Å²) in [7, 11) is -2.13. The average molecular weight is 284 g/mol. The zero-order chi connectivity index (χ0) is 14.4. The van der Waals surface area contributed by atoms with Crippen molar-refractivity contribution in [2.24, 2.45) is 0 Å². The molecular weight excluding hydrogens is 275 g/mol. The van der Waals surface area contributed by atoms with Gasteiger partial charge in [-0.05, 0) is 48.5 Å². The van der Waals surface area contributed by atoms with Crippen molar-refractivity contribution in [1.29, 1.82) is 10.5 Å². The van der Waals surface area contributed by atoms with Crippen molar-refractivity contribution in [3.05, 3.63) is 59.7 Å². The first-order chi connectivity index (χ1) is 9.71. The maximum absolute atomic E-state index is 9.70. The van der Waals surface area contributed by atoms with Crippen molar-refractivity contribution in [2.45, 2.75) is 0 Å². The van der Waals surface area contributed by atoms with Crippen LogP contribution in [0.5, 0.6) is 11.5 Å². The van der Waals surface area contributed by atoms with E-state index in [0.717, 1.165) is 0 Å². The second-order valence-electron chi connectivity index (χ2n) is 3.69. The molecule has 0 atom stereocenters. The molecule has 98 valence electrons. The fourth-order valence-corrected chi connectivity index (χ4v) is 2.02. The minimum atomic E-state index is -2.13. The first kappa shape index (κ1) is 13.8. The van der Waals surface area contributed by atoms with Crippen LogP contribution < -0.4 is 9.05 Å². The maximum Gasteiger partial charge on any atom is 0.460 e. The zero-order valence-electron chi connectivity index (χ0n) is 10.2. The monoisotopic (exact) mass is 284 g/mol. The summed E-state index contributed by atoms with van der Waals surface area (Å²) in [4.78, 5) is 9.70. The van der Waals surface area contributed by atoms with E-state index < -0.39 is 8.60 Å². The molecule has 0 fully saturated rings. The van der Waals surface area contributed by atoms with Gasteiger partial charge in [0.25, 0.3) is 0 Å². The van der Waals surface area contributed by atoms with Crippen LogP contribution in [0.3, 0.4) is 0 Å². The topological polar surface area (TPSA) is 86.3 Å². The van der Waals surface area contributed by atoms with Crippen LogP contribution >= 0.6 is 8.60 Å². The third kappa shape index (κ3) is 3.70. The molecule has 0 unspecified atom stereocenters. The molecule has 5 nitrogen and oxygen atoms in total. The molecule has 0 bridgehead atoms. The van der Waals surface area contributed by atoms with E-state index in [1.807, 2.05) is 12.1 Å². The molecule has 2 aromatic carbocycles. The van der Waals surface area contributed by atoms with E-state index in [-0.39, 0.29) is 0 Å². The highest BCUT2D eigenvalue weighted by Gasteiger charge is 2.11. The van der Waals surface area contributed by atoms with Gasteiger partial charge in [0.1, 0.15) is 11.5 Å². The Hall–Kier alpha value is -2.59. The van der Waals surface area contributed by atoms with Gasteiger partial charge in [0.15, 0.2) is 0 Å². The molecule has 0 aromatic heterocycles. The van der Waals surface area contributed by atoms with Crippen LogP contribution in [0.4, 0.5) is 0 Å². The third-order valence-corrected chi connectivity index (χ3v) is 3.07. The normalized spacial score (nSPS) is 9.60. The first-order valence-corrected chi connectivity index (χ1v) is 6.69. The van der Waals surface area contributed by atoms with Gasteiger partial charge >= 0.3 is 8.60 Å². The lowest BCUT2D eigenvalue weighted by Gasteiger charge is -2.12. The first-order valence-electron chi connectivity index (χ1n) is 5.56. The van der Waals surface area contributed by atoms with Gasteiger partial charge in [0.05, 0.1) is 23.3 Å². The van der Waals surface area contributed by atoms with Crippen molar-refractivity contribution in [3.8, 4) is 23.6 Å². The molecule has 0 saturated heterocycles. The van der Waals surface area contributed by atoms with Crippen LogP contribution in [0.2, 0.25) is 0 Å². The minimum Gasteiger partial charge on any atom is -0.418 e. The Morgan fingerprint density at radius 3 is 1.40 bits per heavy atom. The molecule has 0 aliphatic carbocycles. The third-order valence-electron chi connectivity index (χ3n) is 2.33. The summed E-state index contributed by atoms with van der Waals surface area (Å²) in [6.07, 6.45) is 0. The number of nitrogens with zero attached hydrogens (tertiary/aromatic N) is 2. The largest absolute Gasteiger partial charge is 0.460 e. The summed E-state index contributed by atoms with van der Waals surface area (Å²) < 4.78 is 10.4. The summed E-state index contributed by atoms with van der Waals surface area (Å²) in [5, 5.41) is 17.3. The van der Waals surface area contributed by atoms with Crippen LogP contribution in [0.1, 0.15) is 11.1 Å². The Morgan fingerprint density at radius 1 is 0.750 bits per heavy atom. The van der Waals surface area contributed by atoms with Crippen molar-refractivity contribution >= 4 is 8.60 Å². The van der Waals surface area contributed by atoms with Crippen molar-refractivity contribution < 1.29 is 13.9 Å². The highest BCUT2D eigenvalue weighted by atomic mass is 31.2. The van der Waals surface area contributed by atoms with Gasteiger partial charge in [-0.25, -0.2) is 0 Å². The molecule has 20 heavy (non-hydrogen) atoms. The quantitative estimate of drug-likeness (QED) is 0.872. The predicted octanol–water partition coefficient (Wildman–Crippen LogP) is 3.11. The molecule has 2 rings (SSSR count). The fourth-order valence-electron chi connectivity index (χ4n) is 1.38. The van der Waals surface area contributed by atoms with Gasteiger partial charge in [-0.2, -0.15) is 10.5 Å². The standard InChI is InChI=1S/C14H9N2O3P/c15-9-11-1-5-13(6-2-11)18-20(17)19-14-7-3-12(10-16)4-8-14/h1-8,17H. The zero-order valence-corrected chi connectivity index (χ0v) is 11.1.